The Balaban J connectivity index is 2.43. The maximum atomic E-state index is 12.3. The standard InChI is InChI=1S/C20H30N2O4/c1-6-26-17(23)8-7-13-21-18(24)14(2)22-19(25)15-9-11-16(12-10-15)20(3,4)5/h9-12,14H,6-8,13H2,1-5H3,(H,21,24)(H,22,25). The lowest BCUT2D eigenvalue weighted by Gasteiger charge is -2.19. The van der Waals surface area contributed by atoms with E-state index in [0.717, 1.165) is 5.56 Å². The van der Waals surface area contributed by atoms with E-state index >= 15 is 0 Å². The van der Waals surface area contributed by atoms with Crippen molar-refractivity contribution < 1.29 is 19.1 Å². The predicted octanol–water partition coefficient (Wildman–Crippen LogP) is 2.56. The normalized spacial score (nSPS) is 12.2. The highest BCUT2D eigenvalue weighted by molar-refractivity contribution is 5.97. The summed E-state index contributed by atoms with van der Waals surface area (Å²) in [5.74, 6) is -0.852. The molecule has 1 atom stereocenters. The van der Waals surface area contributed by atoms with E-state index in [0.29, 0.717) is 25.1 Å². The first-order chi connectivity index (χ1) is 12.1. The van der Waals surface area contributed by atoms with Gasteiger partial charge in [0.25, 0.3) is 5.91 Å². The lowest BCUT2D eigenvalue weighted by molar-refractivity contribution is -0.143. The quantitative estimate of drug-likeness (QED) is 0.550. The number of amides is 2. The van der Waals surface area contributed by atoms with Gasteiger partial charge < -0.3 is 15.4 Å². The Bertz CT molecular complexity index is 618. The molecular formula is C20H30N2O4. The summed E-state index contributed by atoms with van der Waals surface area (Å²) in [7, 11) is 0. The predicted molar refractivity (Wildman–Crippen MR) is 101 cm³/mol. The summed E-state index contributed by atoms with van der Waals surface area (Å²) in [5.41, 5.74) is 1.67. The largest absolute Gasteiger partial charge is 0.466 e. The van der Waals surface area contributed by atoms with Crippen molar-refractivity contribution in [2.24, 2.45) is 0 Å². The second-order valence-electron chi connectivity index (χ2n) is 7.22. The molecule has 1 aromatic rings. The molecule has 1 unspecified atom stereocenters. The summed E-state index contributed by atoms with van der Waals surface area (Å²) in [4.78, 5) is 35.5. The summed E-state index contributed by atoms with van der Waals surface area (Å²) < 4.78 is 4.82. The first-order valence-electron chi connectivity index (χ1n) is 9.00. The molecule has 0 radical (unpaired) electrons. The number of benzene rings is 1. The molecule has 144 valence electrons. The van der Waals surface area contributed by atoms with Gasteiger partial charge >= 0.3 is 5.97 Å². The van der Waals surface area contributed by atoms with Crippen molar-refractivity contribution in [1.82, 2.24) is 10.6 Å². The summed E-state index contributed by atoms with van der Waals surface area (Å²) in [5, 5.41) is 5.39. The van der Waals surface area contributed by atoms with Crippen LogP contribution in [0.25, 0.3) is 0 Å². The minimum atomic E-state index is -0.660. The Morgan fingerprint density at radius 2 is 1.73 bits per heavy atom. The number of carbonyl (C=O) groups excluding carboxylic acids is 3. The van der Waals surface area contributed by atoms with Crippen LogP contribution in [0.4, 0.5) is 0 Å². The SMILES string of the molecule is CCOC(=O)CCCNC(=O)C(C)NC(=O)c1ccc(C(C)(C)C)cc1. The minimum Gasteiger partial charge on any atom is -0.466 e. The van der Waals surface area contributed by atoms with Crippen LogP contribution in [0.15, 0.2) is 24.3 Å². The van der Waals surface area contributed by atoms with Gasteiger partial charge in [-0.3, -0.25) is 14.4 Å². The van der Waals surface area contributed by atoms with Crippen molar-refractivity contribution in [3.05, 3.63) is 35.4 Å². The molecule has 2 amide bonds. The third kappa shape index (κ3) is 7.25. The molecule has 0 fully saturated rings. The third-order valence-electron chi connectivity index (χ3n) is 3.92. The molecule has 0 bridgehead atoms. The number of ether oxygens (including phenoxy) is 1. The van der Waals surface area contributed by atoms with Gasteiger partial charge in [-0.25, -0.2) is 0 Å². The van der Waals surface area contributed by atoms with Crippen molar-refractivity contribution in [3.63, 3.8) is 0 Å². The van der Waals surface area contributed by atoms with Gasteiger partial charge in [0, 0.05) is 18.5 Å². The van der Waals surface area contributed by atoms with E-state index in [4.69, 9.17) is 4.74 Å². The topological polar surface area (TPSA) is 84.5 Å². The van der Waals surface area contributed by atoms with Crippen LogP contribution in [0, 0.1) is 0 Å². The van der Waals surface area contributed by atoms with E-state index in [2.05, 4.69) is 31.4 Å². The van der Waals surface area contributed by atoms with E-state index in [1.54, 1.807) is 26.0 Å². The van der Waals surface area contributed by atoms with Gasteiger partial charge in [0.1, 0.15) is 6.04 Å². The lowest BCUT2D eigenvalue weighted by atomic mass is 9.86. The molecule has 1 rings (SSSR count). The first kappa shape index (κ1) is 21.7. The highest BCUT2D eigenvalue weighted by atomic mass is 16.5. The second-order valence-corrected chi connectivity index (χ2v) is 7.22. The Morgan fingerprint density at radius 1 is 1.12 bits per heavy atom. The number of esters is 1. The molecule has 0 aromatic heterocycles. The van der Waals surface area contributed by atoms with Crippen molar-refractivity contribution >= 4 is 17.8 Å². The summed E-state index contributed by atoms with van der Waals surface area (Å²) in [6.07, 6.45) is 0.758. The highest BCUT2D eigenvalue weighted by Gasteiger charge is 2.18. The van der Waals surface area contributed by atoms with Crippen LogP contribution in [0.5, 0.6) is 0 Å². The maximum absolute atomic E-state index is 12.3. The first-order valence-corrected chi connectivity index (χ1v) is 9.00. The average molecular weight is 362 g/mol. The Kier molecular flexibility index (Phi) is 8.29. The van der Waals surface area contributed by atoms with Crippen LogP contribution < -0.4 is 10.6 Å². The molecule has 6 heteroatoms. The van der Waals surface area contributed by atoms with Crippen molar-refractivity contribution in [2.45, 2.75) is 58.9 Å². The van der Waals surface area contributed by atoms with E-state index in [9.17, 15) is 14.4 Å². The maximum Gasteiger partial charge on any atom is 0.305 e. The van der Waals surface area contributed by atoms with E-state index in [-0.39, 0.29) is 29.6 Å². The number of carbonyl (C=O) groups is 3. The van der Waals surface area contributed by atoms with Crippen LogP contribution in [0.2, 0.25) is 0 Å². The number of nitrogens with one attached hydrogen (secondary N) is 2. The van der Waals surface area contributed by atoms with E-state index in [1.165, 1.54) is 0 Å². The van der Waals surface area contributed by atoms with Crippen LogP contribution in [-0.4, -0.2) is 37.0 Å². The number of hydrogen-bond donors (Lipinski definition) is 2. The average Bonchev–Trinajstić information content (AvgIpc) is 2.58. The zero-order chi connectivity index (χ0) is 19.7. The molecule has 0 saturated heterocycles. The van der Waals surface area contributed by atoms with Gasteiger partial charge in [0.2, 0.25) is 5.91 Å². The van der Waals surface area contributed by atoms with Gasteiger partial charge in [-0.15, -0.1) is 0 Å². The monoisotopic (exact) mass is 362 g/mol. The van der Waals surface area contributed by atoms with Crippen LogP contribution in [0.1, 0.15) is 63.4 Å². The Morgan fingerprint density at radius 3 is 2.27 bits per heavy atom. The van der Waals surface area contributed by atoms with Crippen LogP contribution >= 0.6 is 0 Å². The molecule has 26 heavy (non-hydrogen) atoms. The van der Waals surface area contributed by atoms with Crippen molar-refractivity contribution in [1.29, 1.82) is 0 Å². The smallest absolute Gasteiger partial charge is 0.305 e. The van der Waals surface area contributed by atoms with Gasteiger partial charge in [-0.1, -0.05) is 32.9 Å². The second kappa shape index (κ2) is 9.94. The highest BCUT2D eigenvalue weighted by Crippen LogP contribution is 2.22. The summed E-state index contributed by atoms with van der Waals surface area (Å²) in [6, 6.07) is 6.72. The van der Waals surface area contributed by atoms with Gasteiger partial charge in [0.05, 0.1) is 6.61 Å². The van der Waals surface area contributed by atoms with E-state index < -0.39 is 6.04 Å². The third-order valence-corrected chi connectivity index (χ3v) is 3.92. The molecule has 0 aliphatic heterocycles. The van der Waals surface area contributed by atoms with Crippen molar-refractivity contribution in [2.75, 3.05) is 13.2 Å². The Labute approximate surface area is 155 Å². The van der Waals surface area contributed by atoms with Crippen LogP contribution in [-0.2, 0) is 19.7 Å². The summed E-state index contributed by atoms with van der Waals surface area (Å²) >= 11 is 0. The summed E-state index contributed by atoms with van der Waals surface area (Å²) in [6.45, 7) is 10.4. The molecular weight excluding hydrogens is 332 g/mol. The molecule has 1 aromatic carbocycles. The molecule has 0 aliphatic carbocycles. The van der Waals surface area contributed by atoms with Gasteiger partial charge in [0.15, 0.2) is 0 Å². The Hall–Kier alpha value is -2.37. The fourth-order valence-corrected chi connectivity index (χ4v) is 2.30. The molecule has 0 heterocycles. The van der Waals surface area contributed by atoms with Gasteiger partial charge in [-0.2, -0.15) is 0 Å². The van der Waals surface area contributed by atoms with Crippen molar-refractivity contribution in [3.8, 4) is 0 Å². The molecule has 2 N–H and O–H groups in total. The molecule has 6 nitrogen and oxygen atoms in total. The minimum absolute atomic E-state index is 0.0196. The number of hydrogen-bond acceptors (Lipinski definition) is 4. The fourth-order valence-electron chi connectivity index (χ4n) is 2.30. The zero-order valence-electron chi connectivity index (χ0n) is 16.3. The number of rotatable bonds is 8. The fraction of sp³-hybridized carbons (Fsp3) is 0.550. The van der Waals surface area contributed by atoms with Gasteiger partial charge in [-0.05, 0) is 43.4 Å². The van der Waals surface area contributed by atoms with Crippen LogP contribution in [0.3, 0.4) is 0 Å². The van der Waals surface area contributed by atoms with E-state index in [1.807, 2.05) is 12.1 Å². The molecule has 0 spiro atoms. The molecule has 0 aliphatic rings. The lowest BCUT2D eigenvalue weighted by Crippen LogP contribution is -2.45. The molecule has 0 saturated carbocycles. The zero-order valence-corrected chi connectivity index (χ0v) is 16.3.